The molecule has 2 amide bonds. The maximum atomic E-state index is 12.4. The van der Waals surface area contributed by atoms with Crippen molar-refractivity contribution in [1.29, 1.82) is 0 Å². The van der Waals surface area contributed by atoms with E-state index in [1.165, 1.54) is 5.56 Å². The molecule has 0 atom stereocenters. The second-order valence-corrected chi connectivity index (χ2v) is 7.29. The molecule has 1 fully saturated rings. The van der Waals surface area contributed by atoms with Gasteiger partial charge in [-0.1, -0.05) is 35.9 Å². The SMILES string of the molecule is Cc1cccc(CNC(=O)C2CCC(C(=O)NCc3ccccn3)CC2)c1. The normalized spacial score (nSPS) is 19.3. The summed E-state index contributed by atoms with van der Waals surface area (Å²) in [4.78, 5) is 29.0. The number of carbonyl (C=O) groups is 2. The van der Waals surface area contributed by atoms with Crippen LogP contribution in [0, 0.1) is 18.8 Å². The Hall–Kier alpha value is -2.69. The van der Waals surface area contributed by atoms with E-state index in [0.29, 0.717) is 13.1 Å². The topological polar surface area (TPSA) is 71.1 Å². The van der Waals surface area contributed by atoms with Gasteiger partial charge in [-0.15, -0.1) is 0 Å². The summed E-state index contributed by atoms with van der Waals surface area (Å²) >= 11 is 0. The smallest absolute Gasteiger partial charge is 0.223 e. The number of carbonyl (C=O) groups excluding carboxylic acids is 2. The highest BCUT2D eigenvalue weighted by Gasteiger charge is 2.29. The number of amides is 2. The first-order chi connectivity index (χ1) is 13.1. The van der Waals surface area contributed by atoms with Crippen molar-refractivity contribution >= 4 is 11.8 Å². The summed E-state index contributed by atoms with van der Waals surface area (Å²) < 4.78 is 0. The lowest BCUT2D eigenvalue weighted by Gasteiger charge is -2.27. The van der Waals surface area contributed by atoms with Crippen LogP contribution in [0.15, 0.2) is 48.7 Å². The minimum atomic E-state index is -0.00506. The van der Waals surface area contributed by atoms with Crippen LogP contribution in [0.1, 0.15) is 42.5 Å². The molecule has 1 aromatic carbocycles. The quantitative estimate of drug-likeness (QED) is 0.826. The van der Waals surface area contributed by atoms with Gasteiger partial charge in [0.15, 0.2) is 0 Å². The zero-order valence-electron chi connectivity index (χ0n) is 15.8. The van der Waals surface area contributed by atoms with Crippen LogP contribution >= 0.6 is 0 Å². The first-order valence-corrected chi connectivity index (χ1v) is 9.62. The molecule has 5 heteroatoms. The number of benzene rings is 1. The zero-order chi connectivity index (χ0) is 19.1. The minimum Gasteiger partial charge on any atom is -0.352 e. The average molecular weight is 365 g/mol. The van der Waals surface area contributed by atoms with Crippen LogP contribution in [-0.4, -0.2) is 16.8 Å². The number of nitrogens with one attached hydrogen (secondary N) is 2. The van der Waals surface area contributed by atoms with Gasteiger partial charge in [-0.2, -0.15) is 0 Å². The van der Waals surface area contributed by atoms with Crippen molar-refractivity contribution < 1.29 is 9.59 Å². The largest absolute Gasteiger partial charge is 0.352 e. The molecule has 0 bridgehead atoms. The van der Waals surface area contributed by atoms with E-state index in [0.717, 1.165) is 36.9 Å². The Kier molecular flexibility index (Phi) is 6.58. The third kappa shape index (κ3) is 5.64. The summed E-state index contributed by atoms with van der Waals surface area (Å²) in [5.41, 5.74) is 3.17. The Labute approximate surface area is 160 Å². The first-order valence-electron chi connectivity index (χ1n) is 9.62. The number of hydrogen-bond donors (Lipinski definition) is 2. The van der Waals surface area contributed by atoms with Crippen molar-refractivity contribution in [1.82, 2.24) is 15.6 Å². The molecule has 0 radical (unpaired) electrons. The van der Waals surface area contributed by atoms with E-state index in [2.05, 4.69) is 21.7 Å². The Morgan fingerprint density at radius 3 is 2.19 bits per heavy atom. The lowest BCUT2D eigenvalue weighted by atomic mass is 9.81. The Balaban J connectivity index is 1.40. The van der Waals surface area contributed by atoms with E-state index in [4.69, 9.17) is 0 Å². The Bertz CT molecular complexity index is 768. The fourth-order valence-electron chi connectivity index (χ4n) is 3.60. The van der Waals surface area contributed by atoms with Crippen molar-refractivity contribution in [3.63, 3.8) is 0 Å². The summed E-state index contributed by atoms with van der Waals surface area (Å²) in [7, 11) is 0. The highest BCUT2D eigenvalue weighted by Crippen LogP contribution is 2.29. The Morgan fingerprint density at radius 1 is 0.926 bits per heavy atom. The van der Waals surface area contributed by atoms with Gasteiger partial charge in [-0.05, 0) is 50.3 Å². The van der Waals surface area contributed by atoms with Gasteiger partial charge in [0.05, 0.1) is 12.2 Å². The lowest BCUT2D eigenvalue weighted by molar-refractivity contribution is -0.130. The molecule has 27 heavy (non-hydrogen) atoms. The second-order valence-electron chi connectivity index (χ2n) is 7.29. The number of aromatic nitrogens is 1. The molecule has 1 aromatic heterocycles. The molecule has 2 N–H and O–H groups in total. The van der Waals surface area contributed by atoms with Crippen molar-refractivity contribution in [3.05, 3.63) is 65.5 Å². The Morgan fingerprint density at radius 2 is 1.59 bits per heavy atom. The van der Waals surface area contributed by atoms with E-state index in [9.17, 15) is 9.59 Å². The molecule has 0 spiro atoms. The number of nitrogens with zero attached hydrogens (tertiary/aromatic N) is 1. The molecule has 0 aliphatic heterocycles. The van der Waals surface area contributed by atoms with Gasteiger partial charge in [-0.3, -0.25) is 14.6 Å². The molecule has 1 saturated carbocycles. The van der Waals surface area contributed by atoms with E-state index in [1.807, 2.05) is 43.3 Å². The van der Waals surface area contributed by atoms with Crippen LogP contribution in [-0.2, 0) is 22.7 Å². The second kappa shape index (κ2) is 9.31. The zero-order valence-corrected chi connectivity index (χ0v) is 15.8. The van der Waals surface area contributed by atoms with Gasteiger partial charge in [0.2, 0.25) is 11.8 Å². The van der Waals surface area contributed by atoms with Crippen molar-refractivity contribution in [3.8, 4) is 0 Å². The summed E-state index contributed by atoms with van der Waals surface area (Å²) in [5.74, 6) is 0.173. The summed E-state index contributed by atoms with van der Waals surface area (Å²) in [6.45, 7) is 3.06. The predicted molar refractivity (Wildman–Crippen MR) is 105 cm³/mol. The van der Waals surface area contributed by atoms with Crippen LogP contribution in [0.4, 0.5) is 0 Å². The maximum absolute atomic E-state index is 12.4. The molecule has 1 aliphatic rings. The third-order valence-corrected chi connectivity index (χ3v) is 5.19. The lowest BCUT2D eigenvalue weighted by Crippen LogP contribution is -2.37. The molecule has 3 rings (SSSR count). The fraction of sp³-hybridized carbons (Fsp3) is 0.409. The number of hydrogen-bond acceptors (Lipinski definition) is 3. The van der Waals surface area contributed by atoms with Crippen molar-refractivity contribution in [2.24, 2.45) is 11.8 Å². The van der Waals surface area contributed by atoms with Gasteiger partial charge < -0.3 is 10.6 Å². The van der Waals surface area contributed by atoms with Crippen LogP contribution in [0.5, 0.6) is 0 Å². The molecule has 5 nitrogen and oxygen atoms in total. The highest BCUT2D eigenvalue weighted by molar-refractivity contribution is 5.81. The van der Waals surface area contributed by atoms with Crippen molar-refractivity contribution in [2.75, 3.05) is 0 Å². The van der Waals surface area contributed by atoms with Gasteiger partial charge in [0.1, 0.15) is 0 Å². The predicted octanol–water partition coefficient (Wildman–Crippen LogP) is 3.13. The van der Waals surface area contributed by atoms with Gasteiger partial charge >= 0.3 is 0 Å². The van der Waals surface area contributed by atoms with Crippen LogP contribution in [0.2, 0.25) is 0 Å². The average Bonchev–Trinajstić information content (AvgIpc) is 2.71. The number of aryl methyl sites for hydroxylation is 1. The van der Waals surface area contributed by atoms with Crippen LogP contribution < -0.4 is 10.6 Å². The van der Waals surface area contributed by atoms with Crippen LogP contribution in [0.25, 0.3) is 0 Å². The molecule has 142 valence electrons. The maximum Gasteiger partial charge on any atom is 0.223 e. The van der Waals surface area contributed by atoms with E-state index in [-0.39, 0.29) is 23.7 Å². The minimum absolute atomic E-state index is 0.00506. The van der Waals surface area contributed by atoms with Crippen molar-refractivity contribution in [2.45, 2.75) is 45.7 Å². The van der Waals surface area contributed by atoms with E-state index >= 15 is 0 Å². The van der Waals surface area contributed by atoms with Gasteiger partial charge in [0, 0.05) is 24.6 Å². The van der Waals surface area contributed by atoms with E-state index < -0.39 is 0 Å². The summed E-state index contributed by atoms with van der Waals surface area (Å²) in [6, 6.07) is 13.8. The number of rotatable bonds is 6. The molecule has 1 aliphatic carbocycles. The molecule has 1 heterocycles. The first kappa shape index (κ1) is 19.1. The highest BCUT2D eigenvalue weighted by atomic mass is 16.2. The molecular weight excluding hydrogens is 338 g/mol. The summed E-state index contributed by atoms with van der Waals surface area (Å²) in [6.07, 6.45) is 4.78. The van der Waals surface area contributed by atoms with Gasteiger partial charge in [0.25, 0.3) is 0 Å². The fourth-order valence-corrected chi connectivity index (χ4v) is 3.60. The van der Waals surface area contributed by atoms with Crippen LogP contribution in [0.3, 0.4) is 0 Å². The molecular formula is C22H27N3O2. The number of pyridine rings is 1. The molecule has 0 unspecified atom stereocenters. The molecule has 0 saturated heterocycles. The van der Waals surface area contributed by atoms with Gasteiger partial charge in [-0.25, -0.2) is 0 Å². The molecule has 2 aromatic rings. The third-order valence-electron chi connectivity index (χ3n) is 5.19. The summed E-state index contributed by atoms with van der Waals surface area (Å²) in [5, 5.41) is 6.00. The monoisotopic (exact) mass is 365 g/mol. The van der Waals surface area contributed by atoms with E-state index in [1.54, 1.807) is 6.20 Å². The standard InChI is InChI=1S/C22H27N3O2/c1-16-5-4-6-17(13-16)14-24-21(26)18-8-10-19(11-9-18)22(27)25-15-20-7-2-3-12-23-20/h2-7,12-13,18-19H,8-11,14-15H2,1H3,(H,24,26)(H,25,27).